The molecule has 0 radical (unpaired) electrons. The predicted octanol–water partition coefficient (Wildman–Crippen LogP) is 1.82. The molecule has 25 heavy (non-hydrogen) atoms. The SMILES string of the molecule is CNC(C)Cc1noc(C2CCN(c3nccc(OC)n3)CC2)n1.Cl. The van der Waals surface area contributed by atoms with Gasteiger partial charge in [-0.15, -0.1) is 12.4 Å². The van der Waals surface area contributed by atoms with E-state index in [1.54, 1.807) is 19.4 Å². The van der Waals surface area contributed by atoms with Crippen molar-refractivity contribution in [3.63, 3.8) is 0 Å². The molecular formula is C16H25ClN6O2. The number of ether oxygens (including phenoxy) is 1. The van der Waals surface area contributed by atoms with Gasteiger partial charge in [-0.1, -0.05) is 5.16 Å². The number of anilines is 1. The number of likely N-dealkylation sites (N-methyl/N-ethyl adjacent to an activating group) is 1. The zero-order valence-electron chi connectivity index (χ0n) is 14.8. The summed E-state index contributed by atoms with van der Waals surface area (Å²) in [7, 11) is 3.54. The Morgan fingerprint density at radius 3 is 2.80 bits per heavy atom. The summed E-state index contributed by atoms with van der Waals surface area (Å²) in [5.41, 5.74) is 0. The molecule has 0 bridgehead atoms. The first-order valence-corrected chi connectivity index (χ1v) is 8.31. The lowest BCUT2D eigenvalue weighted by Crippen LogP contribution is -2.34. The summed E-state index contributed by atoms with van der Waals surface area (Å²) in [5.74, 6) is 3.12. The number of piperidine rings is 1. The quantitative estimate of drug-likeness (QED) is 0.825. The Kier molecular flexibility index (Phi) is 6.95. The number of nitrogens with zero attached hydrogens (tertiary/aromatic N) is 5. The van der Waals surface area contributed by atoms with E-state index >= 15 is 0 Å². The molecule has 1 saturated heterocycles. The molecule has 1 N–H and O–H groups in total. The van der Waals surface area contributed by atoms with Crippen LogP contribution in [0.3, 0.4) is 0 Å². The molecule has 0 aromatic carbocycles. The van der Waals surface area contributed by atoms with Crippen LogP contribution < -0.4 is 15.0 Å². The van der Waals surface area contributed by atoms with Gasteiger partial charge in [0.15, 0.2) is 5.82 Å². The Bertz CT molecular complexity index is 660. The molecule has 8 nitrogen and oxygen atoms in total. The van der Waals surface area contributed by atoms with Crippen LogP contribution in [0, 0.1) is 0 Å². The highest BCUT2D eigenvalue weighted by Gasteiger charge is 2.26. The summed E-state index contributed by atoms with van der Waals surface area (Å²) in [6.07, 6.45) is 4.39. The van der Waals surface area contributed by atoms with E-state index in [9.17, 15) is 0 Å². The number of hydrogen-bond acceptors (Lipinski definition) is 8. The number of rotatable bonds is 6. The molecule has 0 saturated carbocycles. The number of hydrogen-bond donors (Lipinski definition) is 1. The van der Waals surface area contributed by atoms with Gasteiger partial charge in [-0.25, -0.2) is 4.98 Å². The van der Waals surface area contributed by atoms with E-state index in [0.717, 1.165) is 44.1 Å². The normalized spacial score (nSPS) is 16.4. The number of nitrogens with one attached hydrogen (secondary N) is 1. The summed E-state index contributed by atoms with van der Waals surface area (Å²) in [6, 6.07) is 2.09. The second kappa shape index (κ2) is 8.96. The van der Waals surface area contributed by atoms with Gasteiger partial charge >= 0.3 is 0 Å². The lowest BCUT2D eigenvalue weighted by molar-refractivity contribution is 0.325. The minimum atomic E-state index is 0. The van der Waals surface area contributed by atoms with Gasteiger partial charge in [-0.05, 0) is 26.8 Å². The van der Waals surface area contributed by atoms with Crippen molar-refractivity contribution in [3.8, 4) is 5.88 Å². The van der Waals surface area contributed by atoms with Crippen molar-refractivity contribution in [3.05, 3.63) is 24.0 Å². The molecule has 1 atom stereocenters. The van der Waals surface area contributed by atoms with E-state index in [-0.39, 0.29) is 12.4 Å². The van der Waals surface area contributed by atoms with Crippen molar-refractivity contribution >= 4 is 18.4 Å². The molecule has 0 spiro atoms. The average Bonchev–Trinajstić information content (AvgIpc) is 3.10. The highest BCUT2D eigenvalue weighted by molar-refractivity contribution is 5.85. The van der Waals surface area contributed by atoms with Crippen molar-refractivity contribution in [1.29, 1.82) is 0 Å². The van der Waals surface area contributed by atoms with E-state index in [1.807, 2.05) is 7.05 Å². The monoisotopic (exact) mass is 368 g/mol. The van der Waals surface area contributed by atoms with Gasteiger partial charge in [0.2, 0.25) is 17.7 Å². The largest absolute Gasteiger partial charge is 0.481 e. The first-order valence-electron chi connectivity index (χ1n) is 8.31. The molecule has 0 amide bonds. The van der Waals surface area contributed by atoms with Crippen molar-refractivity contribution in [2.75, 3.05) is 32.1 Å². The van der Waals surface area contributed by atoms with Crippen molar-refractivity contribution in [2.45, 2.75) is 38.1 Å². The molecule has 138 valence electrons. The molecule has 3 rings (SSSR count). The highest BCUT2D eigenvalue weighted by Crippen LogP contribution is 2.28. The molecule has 2 aromatic rings. The Labute approximate surface area is 153 Å². The van der Waals surface area contributed by atoms with Crippen LogP contribution in [0.1, 0.15) is 37.4 Å². The molecule has 2 aromatic heterocycles. The Balaban J connectivity index is 0.00000225. The zero-order valence-corrected chi connectivity index (χ0v) is 15.6. The van der Waals surface area contributed by atoms with Gasteiger partial charge in [0.25, 0.3) is 0 Å². The lowest BCUT2D eigenvalue weighted by atomic mass is 9.97. The second-order valence-electron chi connectivity index (χ2n) is 6.10. The molecule has 3 heterocycles. The fraction of sp³-hybridized carbons (Fsp3) is 0.625. The van der Waals surface area contributed by atoms with Crippen LogP contribution in [0.15, 0.2) is 16.8 Å². The average molecular weight is 369 g/mol. The predicted molar refractivity (Wildman–Crippen MR) is 96.5 cm³/mol. The number of aromatic nitrogens is 4. The van der Waals surface area contributed by atoms with Crippen molar-refractivity contribution < 1.29 is 9.26 Å². The molecule has 1 fully saturated rings. The minimum Gasteiger partial charge on any atom is -0.481 e. The molecule has 0 aliphatic carbocycles. The van der Waals surface area contributed by atoms with E-state index in [4.69, 9.17) is 9.26 Å². The van der Waals surface area contributed by atoms with Gasteiger partial charge < -0.3 is 19.5 Å². The first-order chi connectivity index (χ1) is 11.7. The van der Waals surface area contributed by atoms with Crippen molar-refractivity contribution in [1.82, 2.24) is 25.4 Å². The van der Waals surface area contributed by atoms with Crippen LogP contribution in [0.2, 0.25) is 0 Å². The Morgan fingerprint density at radius 2 is 2.12 bits per heavy atom. The topological polar surface area (TPSA) is 89.2 Å². The Morgan fingerprint density at radius 1 is 1.36 bits per heavy atom. The van der Waals surface area contributed by atoms with Crippen LogP contribution in [0.25, 0.3) is 0 Å². The molecule has 1 aliphatic rings. The van der Waals surface area contributed by atoms with Gasteiger partial charge in [0.1, 0.15) is 0 Å². The van der Waals surface area contributed by atoms with Crippen LogP contribution in [0.4, 0.5) is 5.95 Å². The summed E-state index contributed by atoms with van der Waals surface area (Å²) in [4.78, 5) is 15.5. The van der Waals surface area contributed by atoms with Gasteiger partial charge in [0, 0.05) is 43.7 Å². The smallest absolute Gasteiger partial charge is 0.229 e. The maximum atomic E-state index is 5.47. The van der Waals surface area contributed by atoms with E-state index in [0.29, 0.717) is 23.8 Å². The van der Waals surface area contributed by atoms with Gasteiger partial charge in [-0.2, -0.15) is 9.97 Å². The van der Waals surface area contributed by atoms with Gasteiger partial charge in [-0.3, -0.25) is 0 Å². The second-order valence-corrected chi connectivity index (χ2v) is 6.10. The van der Waals surface area contributed by atoms with E-state index in [1.165, 1.54) is 0 Å². The van der Waals surface area contributed by atoms with Gasteiger partial charge in [0.05, 0.1) is 7.11 Å². The van der Waals surface area contributed by atoms with Crippen LogP contribution >= 0.6 is 12.4 Å². The zero-order chi connectivity index (χ0) is 16.9. The minimum absolute atomic E-state index is 0. The summed E-state index contributed by atoms with van der Waals surface area (Å²) >= 11 is 0. The maximum Gasteiger partial charge on any atom is 0.229 e. The molecule has 1 unspecified atom stereocenters. The third kappa shape index (κ3) is 4.79. The van der Waals surface area contributed by atoms with E-state index < -0.39 is 0 Å². The highest BCUT2D eigenvalue weighted by atomic mass is 35.5. The third-order valence-corrected chi connectivity index (χ3v) is 4.42. The van der Waals surface area contributed by atoms with Crippen LogP contribution in [-0.4, -0.2) is 53.4 Å². The van der Waals surface area contributed by atoms with Crippen molar-refractivity contribution in [2.24, 2.45) is 0 Å². The number of methoxy groups -OCH3 is 1. The fourth-order valence-electron chi connectivity index (χ4n) is 2.82. The van der Waals surface area contributed by atoms with Crippen LogP contribution in [0.5, 0.6) is 5.88 Å². The molecule has 1 aliphatic heterocycles. The number of halogens is 1. The molecule has 9 heteroatoms. The summed E-state index contributed by atoms with van der Waals surface area (Å²) in [5, 5.41) is 7.28. The lowest BCUT2D eigenvalue weighted by Gasteiger charge is -2.30. The fourth-order valence-corrected chi connectivity index (χ4v) is 2.82. The summed E-state index contributed by atoms with van der Waals surface area (Å²) in [6.45, 7) is 3.83. The van der Waals surface area contributed by atoms with E-state index in [2.05, 4.69) is 37.2 Å². The standard InChI is InChI=1S/C16H24N6O2.ClH/c1-11(17-2)10-13-19-15(24-21-13)12-5-8-22(9-6-12)16-18-7-4-14(20-16)23-3;/h4,7,11-12,17H,5-6,8-10H2,1-3H3;1H. The Hall–Kier alpha value is -1.93. The van der Waals surface area contributed by atoms with Crippen LogP contribution in [-0.2, 0) is 6.42 Å². The molecular weight excluding hydrogens is 344 g/mol. The first kappa shape index (κ1) is 19.4. The summed E-state index contributed by atoms with van der Waals surface area (Å²) < 4.78 is 10.6. The maximum absolute atomic E-state index is 5.47. The third-order valence-electron chi connectivity index (χ3n) is 4.42.